The summed E-state index contributed by atoms with van der Waals surface area (Å²) in [6.07, 6.45) is -3.23. The predicted molar refractivity (Wildman–Crippen MR) is 171 cm³/mol. The van der Waals surface area contributed by atoms with E-state index in [0.717, 1.165) is 5.56 Å². The van der Waals surface area contributed by atoms with Gasteiger partial charge in [0.15, 0.2) is 20.5 Å². The highest BCUT2D eigenvalue weighted by Gasteiger charge is 2.51. The summed E-state index contributed by atoms with van der Waals surface area (Å²) in [5.41, 5.74) is -1.52. The van der Waals surface area contributed by atoms with E-state index in [1.54, 1.807) is 48.7 Å². The molecule has 0 N–H and O–H groups in total. The Bertz CT molecular complexity index is 1140. The molecule has 11 heteroatoms. The van der Waals surface area contributed by atoms with Crippen LogP contribution >= 0.6 is 0 Å². The molecule has 0 aromatic heterocycles. The summed E-state index contributed by atoms with van der Waals surface area (Å²) in [7, 11) is -0.620. The Kier molecular flexibility index (Phi) is 11.6. The first-order valence-corrected chi connectivity index (χ1v) is 18.2. The number of ether oxygens (including phenoxy) is 5. The molecule has 0 spiro atoms. The zero-order valence-corrected chi connectivity index (χ0v) is 30.3. The van der Waals surface area contributed by atoms with Crippen LogP contribution < -0.4 is 4.74 Å². The summed E-state index contributed by atoms with van der Waals surface area (Å²) in [4.78, 5) is 41.4. The zero-order valence-electron chi connectivity index (χ0n) is 29.3. The number of esters is 1. The summed E-state index contributed by atoms with van der Waals surface area (Å²) >= 11 is 0. The number of carbonyl (C=O) groups excluding carboxylic acids is 3. The maximum absolute atomic E-state index is 13.6. The Morgan fingerprint density at radius 2 is 1.39 bits per heavy atom. The topological polar surface area (TPSA) is 110 Å². The van der Waals surface area contributed by atoms with Crippen LogP contribution in [0.3, 0.4) is 0 Å². The summed E-state index contributed by atoms with van der Waals surface area (Å²) in [5.74, 6) is 0.157. The maximum Gasteiger partial charge on any atom is 0.509 e. The van der Waals surface area contributed by atoms with Gasteiger partial charge in [0.25, 0.3) is 0 Å². The van der Waals surface area contributed by atoms with E-state index in [0.29, 0.717) is 12.2 Å². The lowest BCUT2D eigenvalue weighted by molar-refractivity contribution is -0.159. The summed E-state index contributed by atoms with van der Waals surface area (Å²) in [6.45, 7) is 24.9. The molecule has 0 aliphatic carbocycles. The molecule has 1 aliphatic heterocycles. The monoisotopic (exact) mass is 637 g/mol. The van der Waals surface area contributed by atoms with E-state index in [1.807, 2.05) is 38.1 Å². The third kappa shape index (κ3) is 11.3. The third-order valence-corrected chi connectivity index (χ3v) is 12.2. The van der Waals surface area contributed by atoms with Crippen molar-refractivity contribution in [1.82, 2.24) is 4.90 Å². The van der Waals surface area contributed by atoms with Gasteiger partial charge in [-0.1, -0.05) is 32.9 Å². The molecule has 10 nitrogen and oxygen atoms in total. The molecule has 0 radical (unpaired) electrons. The van der Waals surface area contributed by atoms with Gasteiger partial charge in [0.2, 0.25) is 0 Å². The number of nitrogens with zero attached hydrogens (tertiary/aromatic N) is 1. The lowest BCUT2D eigenvalue weighted by Crippen LogP contribution is -2.49. The molecule has 44 heavy (non-hydrogen) atoms. The van der Waals surface area contributed by atoms with Gasteiger partial charge < -0.3 is 28.1 Å². The van der Waals surface area contributed by atoms with Crippen molar-refractivity contribution < 1.29 is 42.5 Å². The van der Waals surface area contributed by atoms with Crippen molar-refractivity contribution in [3.63, 3.8) is 0 Å². The van der Waals surface area contributed by atoms with Crippen LogP contribution in [0.5, 0.6) is 5.75 Å². The molecule has 1 saturated heterocycles. The smallest absolute Gasteiger partial charge is 0.497 e. The van der Waals surface area contributed by atoms with E-state index in [9.17, 15) is 14.4 Å². The standard InChI is InChI=1S/C33H55NO9Si/c1-30(2,3)41-28(36)34-21-25(39-29(37)42-31(4,5)6)27(24(34)19-22-15-17-23(38-12)18-16-22)40-26(35)20-33(10,11)43-44(13,14)32(7,8)9/h15-18,24-25,27H,19-21H2,1-14H3/t24-,25+,27+/m1/s1. The lowest BCUT2D eigenvalue weighted by atomic mass is 10.0. The van der Waals surface area contributed by atoms with Crippen molar-refractivity contribution in [2.24, 2.45) is 0 Å². The number of hydrogen-bond donors (Lipinski definition) is 0. The summed E-state index contributed by atoms with van der Waals surface area (Å²) in [6, 6.07) is 6.70. The minimum absolute atomic E-state index is 0.0309. The molecule has 0 unspecified atom stereocenters. The number of likely N-dealkylation sites (tertiary alicyclic amines) is 1. The minimum Gasteiger partial charge on any atom is -0.497 e. The van der Waals surface area contributed by atoms with Crippen LogP contribution in [0.25, 0.3) is 0 Å². The molecular formula is C33H55NO9Si. The number of amides is 1. The van der Waals surface area contributed by atoms with Gasteiger partial charge in [-0.05, 0) is 97.6 Å². The second kappa shape index (κ2) is 13.7. The van der Waals surface area contributed by atoms with Gasteiger partial charge in [0, 0.05) is 0 Å². The number of methoxy groups -OCH3 is 1. The van der Waals surface area contributed by atoms with Gasteiger partial charge in [-0.3, -0.25) is 9.69 Å². The number of hydrogen-bond acceptors (Lipinski definition) is 9. The van der Waals surface area contributed by atoms with Gasteiger partial charge in [0.05, 0.1) is 31.7 Å². The SMILES string of the molecule is COc1ccc(C[C@@H]2[C@H](OC(=O)CC(C)(C)O[Si](C)(C)C(C)(C)C)[C@@H](OC(=O)OC(C)(C)C)CN2C(=O)OC(C)(C)C)cc1. The van der Waals surface area contributed by atoms with Crippen molar-refractivity contribution in [3.05, 3.63) is 29.8 Å². The van der Waals surface area contributed by atoms with Gasteiger partial charge >= 0.3 is 18.2 Å². The fourth-order valence-electron chi connectivity index (χ4n) is 4.70. The van der Waals surface area contributed by atoms with Crippen molar-refractivity contribution in [1.29, 1.82) is 0 Å². The molecule has 1 aromatic rings. The molecule has 2 rings (SSSR count). The predicted octanol–water partition coefficient (Wildman–Crippen LogP) is 7.28. The van der Waals surface area contributed by atoms with Crippen LogP contribution in [-0.2, 0) is 34.6 Å². The van der Waals surface area contributed by atoms with E-state index in [2.05, 4.69) is 33.9 Å². The van der Waals surface area contributed by atoms with E-state index in [1.165, 1.54) is 4.90 Å². The molecule has 0 saturated carbocycles. The second-order valence-electron chi connectivity index (χ2n) is 15.6. The first-order valence-electron chi connectivity index (χ1n) is 15.2. The van der Waals surface area contributed by atoms with Crippen LogP contribution in [-0.4, -0.2) is 80.1 Å². The normalized spacial score (nSPS) is 19.8. The first-order chi connectivity index (χ1) is 19.8. The summed E-state index contributed by atoms with van der Waals surface area (Å²) in [5, 5.41) is -0.0522. The number of rotatable bonds is 9. The van der Waals surface area contributed by atoms with E-state index in [-0.39, 0.29) is 18.0 Å². The highest BCUT2D eigenvalue weighted by molar-refractivity contribution is 6.74. The van der Waals surface area contributed by atoms with Gasteiger partial charge in [-0.25, -0.2) is 9.59 Å². The highest BCUT2D eigenvalue weighted by atomic mass is 28.4. The van der Waals surface area contributed by atoms with Crippen LogP contribution in [0.15, 0.2) is 24.3 Å². The Balaban J connectivity index is 2.46. The fourth-order valence-corrected chi connectivity index (χ4v) is 6.46. The van der Waals surface area contributed by atoms with Crippen LogP contribution in [0.1, 0.15) is 88.1 Å². The average Bonchev–Trinajstić information content (AvgIpc) is 3.11. The van der Waals surface area contributed by atoms with Crippen molar-refractivity contribution in [2.75, 3.05) is 13.7 Å². The van der Waals surface area contributed by atoms with Crippen LogP contribution in [0, 0.1) is 0 Å². The Labute approximate surface area is 265 Å². The Hall–Kier alpha value is -2.79. The number of carbonyl (C=O) groups is 3. The summed E-state index contributed by atoms with van der Waals surface area (Å²) < 4.78 is 34.9. The highest BCUT2D eigenvalue weighted by Crippen LogP contribution is 2.40. The minimum atomic E-state index is -2.20. The molecule has 1 amide bonds. The molecule has 1 fully saturated rings. The zero-order chi connectivity index (χ0) is 33.9. The van der Waals surface area contributed by atoms with E-state index < -0.39 is 61.6 Å². The Morgan fingerprint density at radius 1 is 0.841 bits per heavy atom. The first kappa shape index (κ1) is 37.4. The third-order valence-electron chi connectivity index (χ3n) is 7.57. The fraction of sp³-hybridized carbons (Fsp3) is 0.727. The van der Waals surface area contributed by atoms with Gasteiger partial charge in [-0.2, -0.15) is 0 Å². The quantitative estimate of drug-likeness (QED) is 0.157. The molecular weight excluding hydrogens is 582 g/mol. The van der Waals surface area contributed by atoms with Gasteiger partial charge in [0.1, 0.15) is 17.0 Å². The second-order valence-corrected chi connectivity index (χ2v) is 20.4. The van der Waals surface area contributed by atoms with Crippen molar-refractivity contribution >= 4 is 26.5 Å². The van der Waals surface area contributed by atoms with Crippen LogP contribution in [0.2, 0.25) is 18.1 Å². The van der Waals surface area contributed by atoms with E-state index in [4.69, 9.17) is 28.1 Å². The van der Waals surface area contributed by atoms with Gasteiger partial charge in [-0.15, -0.1) is 0 Å². The van der Waals surface area contributed by atoms with E-state index >= 15 is 0 Å². The van der Waals surface area contributed by atoms with Crippen molar-refractivity contribution in [3.8, 4) is 5.75 Å². The average molecular weight is 638 g/mol. The van der Waals surface area contributed by atoms with Crippen molar-refractivity contribution in [2.45, 2.75) is 142 Å². The van der Waals surface area contributed by atoms with Crippen LogP contribution in [0.4, 0.5) is 9.59 Å². The molecule has 250 valence electrons. The number of benzene rings is 1. The molecule has 3 atom stereocenters. The molecule has 1 aliphatic rings. The molecule has 1 heterocycles. The maximum atomic E-state index is 13.6. The Morgan fingerprint density at radius 3 is 1.86 bits per heavy atom. The molecule has 1 aromatic carbocycles. The largest absolute Gasteiger partial charge is 0.509 e. The lowest BCUT2D eigenvalue weighted by Gasteiger charge is -2.42. The molecule has 0 bridgehead atoms.